The molecule has 1 aromatic rings. The van der Waals surface area contributed by atoms with Gasteiger partial charge in [-0.1, -0.05) is 13.3 Å². The first-order valence-corrected chi connectivity index (χ1v) is 10.6. The van der Waals surface area contributed by atoms with Crippen LogP contribution in [0.1, 0.15) is 31.7 Å². The molecule has 2 amide bonds. The molecule has 1 aliphatic carbocycles. The molecule has 0 bridgehead atoms. The summed E-state index contributed by atoms with van der Waals surface area (Å²) in [5.41, 5.74) is 4.59. The Hall–Kier alpha value is -2.17. The lowest BCUT2D eigenvalue weighted by Crippen LogP contribution is -2.50. The number of hydrogen-bond acceptors (Lipinski definition) is 5. The Bertz CT molecular complexity index is 799. The van der Waals surface area contributed by atoms with Gasteiger partial charge in [0.15, 0.2) is 0 Å². The number of nitrogens with two attached hydrogens (primary N) is 1. The van der Waals surface area contributed by atoms with Crippen molar-refractivity contribution in [2.75, 3.05) is 49.6 Å². The molecule has 1 saturated heterocycles. The molecular formula is C21H29F3N4O3. The van der Waals surface area contributed by atoms with Gasteiger partial charge >= 0.3 is 6.18 Å². The lowest BCUT2D eigenvalue weighted by atomic mass is 9.85. The number of halogens is 3. The minimum Gasteiger partial charge on any atom is -0.370 e. The fraction of sp³-hybridized carbons (Fsp3) is 0.619. The maximum absolute atomic E-state index is 13.8. The maximum atomic E-state index is 13.8. The molecule has 7 nitrogen and oxygen atoms in total. The largest absolute Gasteiger partial charge is 0.418 e. The normalized spacial score (nSPS) is 18.8. The summed E-state index contributed by atoms with van der Waals surface area (Å²) in [5, 5.41) is 2.42. The predicted octanol–water partition coefficient (Wildman–Crippen LogP) is 2.46. The van der Waals surface area contributed by atoms with Crippen LogP contribution in [0.4, 0.5) is 24.5 Å². The second-order valence-electron chi connectivity index (χ2n) is 7.95. The van der Waals surface area contributed by atoms with Crippen LogP contribution in [0.3, 0.4) is 0 Å². The first kappa shape index (κ1) is 23.5. The minimum atomic E-state index is -4.71. The molecule has 1 aromatic carbocycles. The molecule has 31 heavy (non-hydrogen) atoms. The molecule has 0 radical (unpaired) electrons. The average molecular weight is 442 g/mol. The fourth-order valence-electron chi connectivity index (χ4n) is 3.96. The molecule has 0 spiro atoms. The third-order valence-corrected chi connectivity index (χ3v) is 5.95. The summed E-state index contributed by atoms with van der Waals surface area (Å²) < 4.78 is 46.3. The molecule has 10 heteroatoms. The van der Waals surface area contributed by atoms with Crippen molar-refractivity contribution < 1.29 is 27.5 Å². The predicted molar refractivity (Wildman–Crippen MR) is 111 cm³/mol. The zero-order chi connectivity index (χ0) is 22.6. The van der Waals surface area contributed by atoms with E-state index in [1.54, 1.807) is 0 Å². The highest BCUT2D eigenvalue weighted by Crippen LogP contribution is 2.38. The molecular weight excluding hydrogens is 413 g/mol. The number of alkyl halides is 3. The molecule has 0 unspecified atom stereocenters. The molecule has 3 N–H and O–H groups in total. The van der Waals surface area contributed by atoms with E-state index in [0.717, 1.165) is 25.3 Å². The number of amides is 2. The molecule has 1 aliphatic heterocycles. The summed E-state index contributed by atoms with van der Waals surface area (Å²) in [6, 6.07) is 2.76. The smallest absolute Gasteiger partial charge is 0.370 e. The number of nitrogens with one attached hydrogen (secondary N) is 1. The molecule has 172 valence electrons. The summed E-state index contributed by atoms with van der Waals surface area (Å²) >= 11 is 0. The van der Waals surface area contributed by atoms with E-state index in [4.69, 9.17) is 10.5 Å². The van der Waals surface area contributed by atoms with Gasteiger partial charge in [0.1, 0.15) is 12.6 Å². The summed E-state index contributed by atoms with van der Waals surface area (Å²) in [6.07, 6.45) is -1.36. The number of ether oxygens (including phenoxy) is 1. The summed E-state index contributed by atoms with van der Waals surface area (Å²) in [4.78, 5) is 28.0. The van der Waals surface area contributed by atoms with Crippen LogP contribution in [0.2, 0.25) is 0 Å². The van der Waals surface area contributed by atoms with E-state index >= 15 is 0 Å². The van der Waals surface area contributed by atoms with Gasteiger partial charge in [-0.3, -0.25) is 14.5 Å². The van der Waals surface area contributed by atoms with E-state index in [-0.39, 0.29) is 37.7 Å². The third-order valence-electron chi connectivity index (χ3n) is 5.95. The van der Waals surface area contributed by atoms with Gasteiger partial charge in [0, 0.05) is 25.3 Å². The van der Waals surface area contributed by atoms with Gasteiger partial charge in [0.2, 0.25) is 5.91 Å². The molecule has 2 aliphatic rings. The van der Waals surface area contributed by atoms with Crippen LogP contribution in [-0.4, -0.2) is 62.1 Å². The van der Waals surface area contributed by atoms with Crippen LogP contribution in [0.25, 0.3) is 0 Å². The van der Waals surface area contributed by atoms with Crippen molar-refractivity contribution in [1.29, 1.82) is 0 Å². The second kappa shape index (κ2) is 9.97. The van der Waals surface area contributed by atoms with Crippen molar-refractivity contribution in [3.8, 4) is 0 Å². The summed E-state index contributed by atoms with van der Waals surface area (Å²) in [7, 11) is 0. The Morgan fingerprint density at radius 3 is 2.68 bits per heavy atom. The van der Waals surface area contributed by atoms with E-state index in [2.05, 4.69) is 5.32 Å². The Morgan fingerprint density at radius 2 is 2.13 bits per heavy atom. The minimum absolute atomic E-state index is 0.00804. The van der Waals surface area contributed by atoms with Crippen molar-refractivity contribution in [3.63, 3.8) is 0 Å². The van der Waals surface area contributed by atoms with Crippen LogP contribution in [0.15, 0.2) is 18.2 Å². The molecule has 1 heterocycles. The number of rotatable bonds is 8. The number of nitrogens with zero attached hydrogens (tertiary/aromatic N) is 2. The highest BCUT2D eigenvalue weighted by molar-refractivity contribution is 5.98. The third kappa shape index (κ3) is 5.55. The van der Waals surface area contributed by atoms with Gasteiger partial charge < -0.3 is 20.7 Å². The summed E-state index contributed by atoms with van der Waals surface area (Å²) in [6.45, 7) is 3.44. The fourth-order valence-corrected chi connectivity index (χ4v) is 3.96. The second-order valence-corrected chi connectivity index (χ2v) is 7.95. The molecule has 3 rings (SSSR count). The zero-order valence-electron chi connectivity index (χ0n) is 17.6. The van der Waals surface area contributed by atoms with Gasteiger partial charge in [0.25, 0.3) is 5.91 Å². The molecule has 1 atom stereocenters. The Balaban J connectivity index is 1.81. The zero-order valence-corrected chi connectivity index (χ0v) is 17.6. The van der Waals surface area contributed by atoms with Crippen LogP contribution in [0, 0.1) is 5.92 Å². The number of hydrogen-bond donors (Lipinski definition) is 2. The topological polar surface area (TPSA) is 87.9 Å². The van der Waals surface area contributed by atoms with E-state index in [1.165, 1.54) is 17.0 Å². The highest BCUT2D eigenvalue weighted by atomic mass is 19.4. The number of likely N-dealkylation sites (N-methyl/N-ethyl adjacent to an activating group) is 1. The molecule has 0 aromatic heterocycles. The van der Waals surface area contributed by atoms with Crippen LogP contribution < -0.4 is 16.0 Å². The van der Waals surface area contributed by atoms with Crippen molar-refractivity contribution in [2.24, 2.45) is 11.7 Å². The first-order chi connectivity index (χ1) is 14.7. The Kier molecular flexibility index (Phi) is 7.55. The quantitative estimate of drug-likeness (QED) is 0.646. The van der Waals surface area contributed by atoms with Crippen molar-refractivity contribution in [1.82, 2.24) is 4.90 Å². The van der Waals surface area contributed by atoms with Crippen molar-refractivity contribution >= 4 is 23.2 Å². The van der Waals surface area contributed by atoms with Crippen molar-refractivity contribution in [2.45, 2.75) is 38.4 Å². The van der Waals surface area contributed by atoms with Gasteiger partial charge in [-0.2, -0.15) is 13.2 Å². The molecule has 1 saturated carbocycles. The van der Waals surface area contributed by atoms with Crippen LogP contribution >= 0.6 is 0 Å². The highest BCUT2D eigenvalue weighted by Gasteiger charge is 2.36. The number of morpholine rings is 1. The van der Waals surface area contributed by atoms with E-state index in [1.807, 2.05) is 11.8 Å². The van der Waals surface area contributed by atoms with Gasteiger partial charge in [-0.05, 0) is 43.5 Å². The number of anilines is 2. The molecule has 2 fully saturated rings. The number of carbonyl (C=O) groups excluding carboxylic acids is 2. The number of benzene rings is 1. The average Bonchev–Trinajstić information content (AvgIpc) is 2.69. The SMILES string of the molecule is CCN(CC1CCC1)[C@@H](CN)C(=O)Nc1ccc(N2CCOCC2=O)cc1C(F)(F)F. The maximum Gasteiger partial charge on any atom is 0.418 e. The van der Waals surface area contributed by atoms with Crippen molar-refractivity contribution in [3.05, 3.63) is 23.8 Å². The van der Waals surface area contributed by atoms with Gasteiger partial charge in [0.05, 0.1) is 17.9 Å². The van der Waals surface area contributed by atoms with Gasteiger partial charge in [-0.15, -0.1) is 0 Å². The first-order valence-electron chi connectivity index (χ1n) is 10.6. The number of carbonyl (C=O) groups is 2. The van der Waals surface area contributed by atoms with E-state index < -0.39 is 29.6 Å². The van der Waals surface area contributed by atoms with E-state index in [0.29, 0.717) is 19.0 Å². The Morgan fingerprint density at radius 1 is 1.39 bits per heavy atom. The monoisotopic (exact) mass is 442 g/mol. The van der Waals surface area contributed by atoms with Crippen LogP contribution in [-0.2, 0) is 20.5 Å². The van der Waals surface area contributed by atoms with Gasteiger partial charge in [-0.25, -0.2) is 0 Å². The van der Waals surface area contributed by atoms with E-state index in [9.17, 15) is 22.8 Å². The van der Waals surface area contributed by atoms with Crippen LogP contribution in [0.5, 0.6) is 0 Å². The lowest BCUT2D eigenvalue weighted by Gasteiger charge is -2.35. The standard InChI is InChI=1S/C21H29F3N4O3/c1-2-27(12-14-4-3-5-14)18(11-25)20(30)26-17-7-6-15(10-16(17)21(22,23)24)28-8-9-31-13-19(28)29/h6-7,10,14,18H,2-5,8-9,11-13,25H2,1H3,(H,26,30)/t18-/m0/s1. The Labute approximate surface area is 179 Å². The lowest BCUT2D eigenvalue weighted by molar-refractivity contribution is -0.137. The summed E-state index contributed by atoms with van der Waals surface area (Å²) in [5.74, 6) is -0.476.